The number of ether oxygens (including phenoxy) is 2. The zero-order valence-corrected chi connectivity index (χ0v) is 24.3. The fourth-order valence-corrected chi connectivity index (χ4v) is 5.49. The fourth-order valence-electron chi connectivity index (χ4n) is 5.49. The lowest BCUT2D eigenvalue weighted by atomic mass is 9.94. The van der Waals surface area contributed by atoms with E-state index in [1.165, 1.54) is 6.42 Å². The molecule has 0 atom stereocenters. The van der Waals surface area contributed by atoms with Crippen molar-refractivity contribution in [2.24, 2.45) is 10.7 Å². The van der Waals surface area contributed by atoms with Gasteiger partial charge in [-0.1, -0.05) is 37.5 Å². The predicted molar refractivity (Wildman–Crippen MR) is 160 cm³/mol. The summed E-state index contributed by atoms with van der Waals surface area (Å²) >= 11 is 0. The molecule has 1 heterocycles. The number of fused-ring (bicyclic) bond motifs is 1. The summed E-state index contributed by atoms with van der Waals surface area (Å²) in [6.07, 6.45) is 7.45. The SMILES string of the molecule is CN(C)c1ccccc1OC(=O)CN1Cc2c(cccc2OCCCCC(=O)N(CCO)C2CCCCC2)N=C1N. The third-order valence-corrected chi connectivity index (χ3v) is 7.63. The number of aliphatic imine (C=N–C) groups is 1. The van der Waals surface area contributed by atoms with Gasteiger partial charge in [0.2, 0.25) is 5.91 Å². The van der Waals surface area contributed by atoms with E-state index in [9.17, 15) is 14.7 Å². The Hall–Kier alpha value is -3.79. The molecule has 0 spiro atoms. The molecule has 1 amide bonds. The maximum Gasteiger partial charge on any atom is 0.331 e. The Bertz CT molecular complexity index is 1210. The van der Waals surface area contributed by atoms with E-state index < -0.39 is 5.97 Å². The lowest BCUT2D eigenvalue weighted by Crippen LogP contribution is -2.43. The molecule has 0 aromatic heterocycles. The number of para-hydroxylation sites is 2. The molecular formula is C31H43N5O5. The van der Waals surface area contributed by atoms with Gasteiger partial charge in [-0.25, -0.2) is 9.79 Å². The molecule has 1 fully saturated rings. The fraction of sp³-hybridized carbons (Fsp3) is 0.516. The van der Waals surface area contributed by atoms with Gasteiger partial charge in [-0.3, -0.25) is 4.79 Å². The maximum atomic E-state index is 12.9. The molecule has 0 bridgehead atoms. The highest BCUT2D eigenvalue weighted by Crippen LogP contribution is 2.33. The van der Waals surface area contributed by atoms with Gasteiger partial charge in [-0.05, 0) is 49.9 Å². The van der Waals surface area contributed by atoms with Crippen LogP contribution in [0.15, 0.2) is 47.5 Å². The standard InChI is InChI=1S/C31H43N5O5/c1-34(2)26-14-6-7-15-28(26)41-30(39)22-35-21-24-25(33-31(35)32)13-10-16-27(24)40-20-9-8-17-29(38)36(18-19-37)23-11-4-3-5-12-23/h6-7,10,13-16,23,37H,3-5,8-9,11-12,17-22H2,1-2H3,(H2,32,33). The molecule has 0 radical (unpaired) electrons. The topological polar surface area (TPSA) is 121 Å². The van der Waals surface area contributed by atoms with Crippen LogP contribution in [0.25, 0.3) is 0 Å². The zero-order chi connectivity index (χ0) is 29.2. The number of aliphatic hydroxyl groups is 1. The number of nitrogens with two attached hydrogens (primary N) is 1. The van der Waals surface area contributed by atoms with Crippen LogP contribution in [0.4, 0.5) is 11.4 Å². The number of hydrogen-bond donors (Lipinski definition) is 2. The first-order valence-electron chi connectivity index (χ1n) is 14.6. The summed E-state index contributed by atoms with van der Waals surface area (Å²) in [6, 6.07) is 13.2. The first-order chi connectivity index (χ1) is 19.9. The van der Waals surface area contributed by atoms with E-state index in [0.29, 0.717) is 49.7 Å². The zero-order valence-electron chi connectivity index (χ0n) is 24.3. The van der Waals surface area contributed by atoms with Crippen LogP contribution in [0.3, 0.4) is 0 Å². The lowest BCUT2D eigenvalue weighted by molar-refractivity contribution is -0.135. The first-order valence-corrected chi connectivity index (χ1v) is 14.6. The molecule has 2 aromatic carbocycles. The number of nitrogens with zero attached hydrogens (tertiary/aromatic N) is 4. The molecule has 10 heteroatoms. The van der Waals surface area contributed by atoms with Crippen LogP contribution in [-0.4, -0.2) is 79.2 Å². The minimum Gasteiger partial charge on any atom is -0.493 e. The maximum absolute atomic E-state index is 12.9. The van der Waals surface area contributed by atoms with E-state index >= 15 is 0 Å². The lowest BCUT2D eigenvalue weighted by Gasteiger charge is -2.34. The van der Waals surface area contributed by atoms with E-state index in [2.05, 4.69) is 4.99 Å². The van der Waals surface area contributed by atoms with E-state index in [1.807, 2.05) is 60.3 Å². The molecule has 1 aliphatic heterocycles. The van der Waals surface area contributed by atoms with Gasteiger partial charge in [0, 0.05) is 38.7 Å². The van der Waals surface area contributed by atoms with Crippen molar-refractivity contribution in [3.05, 3.63) is 48.0 Å². The van der Waals surface area contributed by atoms with Crippen LogP contribution in [0.2, 0.25) is 0 Å². The number of guanidine groups is 1. The molecule has 222 valence electrons. The molecule has 1 aliphatic carbocycles. The summed E-state index contributed by atoms with van der Waals surface area (Å²) in [7, 11) is 3.78. The molecule has 41 heavy (non-hydrogen) atoms. The monoisotopic (exact) mass is 565 g/mol. The highest BCUT2D eigenvalue weighted by molar-refractivity contribution is 5.88. The average molecular weight is 566 g/mol. The summed E-state index contributed by atoms with van der Waals surface area (Å²) in [4.78, 5) is 35.6. The van der Waals surface area contributed by atoms with Gasteiger partial charge in [0.1, 0.15) is 12.3 Å². The second-order valence-electron chi connectivity index (χ2n) is 10.8. The number of rotatable bonds is 13. The highest BCUT2D eigenvalue weighted by Gasteiger charge is 2.26. The van der Waals surface area contributed by atoms with Gasteiger partial charge >= 0.3 is 5.97 Å². The van der Waals surface area contributed by atoms with Crippen molar-refractivity contribution in [3.8, 4) is 11.5 Å². The molecule has 4 rings (SSSR count). The molecule has 3 N–H and O–H groups in total. The van der Waals surface area contributed by atoms with Crippen molar-refractivity contribution in [2.75, 3.05) is 45.3 Å². The molecule has 0 saturated heterocycles. The Balaban J connectivity index is 1.29. The number of hydrogen-bond acceptors (Lipinski definition) is 9. The summed E-state index contributed by atoms with van der Waals surface area (Å²) < 4.78 is 11.8. The highest BCUT2D eigenvalue weighted by atomic mass is 16.5. The number of unbranched alkanes of at least 4 members (excludes halogenated alkanes) is 1. The molecule has 2 aliphatic rings. The Labute approximate surface area is 242 Å². The molecule has 2 aromatic rings. The van der Waals surface area contributed by atoms with Crippen LogP contribution in [0.5, 0.6) is 11.5 Å². The van der Waals surface area contributed by atoms with Crippen molar-refractivity contribution in [3.63, 3.8) is 0 Å². The van der Waals surface area contributed by atoms with Gasteiger partial charge in [0.05, 0.1) is 31.1 Å². The molecule has 1 saturated carbocycles. The second-order valence-corrected chi connectivity index (χ2v) is 10.8. The second kappa shape index (κ2) is 14.7. The Morgan fingerprint density at radius 1 is 1.05 bits per heavy atom. The van der Waals surface area contributed by atoms with Crippen LogP contribution in [-0.2, 0) is 16.1 Å². The Morgan fingerprint density at radius 3 is 2.56 bits per heavy atom. The predicted octanol–water partition coefficient (Wildman–Crippen LogP) is 3.82. The van der Waals surface area contributed by atoms with Gasteiger partial charge in [0.15, 0.2) is 11.7 Å². The van der Waals surface area contributed by atoms with Crippen LogP contribution in [0.1, 0.15) is 56.9 Å². The van der Waals surface area contributed by atoms with Crippen molar-refractivity contribution in [1.82, 2.24) is 9.80 Å². The number of carbonyl (C=O) groups is 2. The number of benzene rings is 2. The Kier molecular flexibility index (Phi) is 10.8. The normalized spacial score (nSPS) is 15.1. The number of amides is 1. The molecule has 0 unspecified atom stereocenters. The third kappa shape index (κ3) is 8.13. The van der Waals surface area contributed by atoms with Gasteiger partial charge in [-0.15, -0.1) is 0 Å². The van der Waals surface area contributed by atoms with Crippen molar-refractivity contribution in [1.29, 1.82) is 0 Å². The summed E-state index contributed by atoms with van der Waals surface area (Å²) in [5.41, 5.74) is 8.57. The van der Waals surface area contributed by atoms with Gasteiger partial charge < -0.3 is 35.0 Å². The molecule has 10 nitrogen and oxygen atoms in total. The summed E-state index contributed by atoms with van der Waals surface area (Å²) in [6.45, 7) is 1.16. The first kappa shape index (κ1) is 30.2. The third-order valence-electron chi connectivity index (χ3n) is 7.63. The quantitative estimate of drug-likeness (QED) is 0.214. The van der Waals surface area contributed by atoms with Gasteiger partial charge in [-0.2, -0.15) is 0 Å². The Morgan fingerprint density at radius 2 is 1.80 bits per heavy atom. The molecular weight excluding hydrogens is 522 g/mol. The van der Waals surface area contributed by atoms with Crippen LogP contribution in [0, 0.1) is 0 Å². The minimum absolute atomic E-state index is 0.00438. The summed E-state index contributed by atoms with van der Waals surface area (Å²) in [5, 5.41) is 9.47. The van der Waals surface area contributed by atoms with E-state index in [0.717, 1.165) is 43.4 Å². The van der Waals surface area contributed by atoms with Crippen molar-refractivity contribution in [2.45, 2.75) is 64.0 Å². The number of anilines is 1. The number of aliphatic hydroxyl groups excluding tert-OH is 1. The van der Waals surface area contributed by atoms with E-state index in [1.54, 1.807) is 11.0 Å². The number of carbonyl (C=O) groups excluding carboxylic acids is 2. The largest absolute Gasteiger partial charge is 0.493 e. The van der Waals surface area contributed by atoms with Crippen LogP contribution >= 0.6 is 0 Å². The summed E-state index contributed by atoms with van der Waals surface area (Å²) in [5.74, 6) is 1.09. The van der Waals surface area contributed by atoms with E-state index in [4.69, 9.17) is 15.2 Å². The van der Waals surface area contributed by atoms with E-state index in [-0.39, 0.29) is 31.1 Å². The van der Waals surface area contributed by atoms with Gasteiger partial charge in [0.25, 0.3) is 0 Å². The van der Waals surface area contributed by atoms with Crippen LogP contribution < -0.4 is 20.1 Å². The van der Waals surface area contributed by atoms with Crippen molar-refractivity contribution >= 4 is 29.2 Å². The smallest absolute Gasteiger partial charge is 0.331 e. The minimum atomic E-state index is -0.438. The average Bonchev–Trinajstić information content (AvgIpc) is 2.96. The number of esters is 1. The van der Waals surface area contributed by atoms with Crippen molar-refractivity contribution < 1.29 is 24.2 Å².